The van der Waals surface area contributed by atoms with E-state index in [1.54, 1.807) is 29.1 Å². The van der Waals surface area contributed by atoms with Gasteiger partial charge in [-0.15, -0.1) is 0 Å². The number of piperidine rings is 2. The SMILES string of the molecule is Cc1occc1C(=O)N1CCC[C@@H](C(=O)NCC[NH+]2CCCCC2)C1. The molecule has 2 N–H and O–H groups in total. The molecule has 1 aromatic heterocycles. The third-order valence-corrected chi connectivity index (χ3v) is 5.51. The van der Waals surface area contributed by atoms with Crippen LogP contribution < -0.4 is 10.2 Å². The lowest BCUT2D eigenvalue weighted by atomic mass is 9.96. The lowest BCUT2D eigenvalue weighted by Crippen LogP contribution is -3.13. The van der Waals surface area contributed by atoms with E-state index in [1.807, 2.05) is 0 Å². The van der Waals surface area contributed by atoms with Crippen molar-refractivity contribution in [3.63, 3.8) is 0 Å². The molecule has 0 spiro atoms. The quantitative estimate of drug-likeness (QED) is 0.820. The first-order valence-corrected chi connectivity index (χ1v) is 9.60. The van der Waals surface area contributed by atoms with Gasteiger partial charge in [0.05, 0.1) is 43.9 Å². The first-order chi connectivity index (χ1) is 12.1. The number of carbonyl (C=O) groups is 2. The highest BCUT2D eigenvalue weighted by molar-refractivity contribution is 5.95. The molecule has 0 radical (unpaired) electrons. The van der Waals surface area contributed by atoms with Crippen LogP contribution in [0.5, 0.6) is 0 Å². The van der Waals surface area contributed by atoms with Crippen LogP contribution in [0.1, 0.15) is 48.2 Å². The number of nitrogens with zero attached hydrogens (tertiary/aromatic N) is 1. The average molecular weight is 348 g/mol. The fourth-order valence-electron chi connectivity index (χ4n) is 3.96. The molecular formula is C19H30N3O3+. The Bertz CT molecular complexity index is 592. The molecule has 2 saturated heterocycles. The highest BCUT2D eigenvalue weighted by Gasteiger charge is 2.30. The molecule has 0 unspecified atom stereocenters. The van der Waals surface area contributed by atoms with Crippen LogP contribution in [0.25, 0.3) is 0 Å². The van der Waals surface area contributed by atoms with Crippen molar-refractivity contribution < 1.29 is 18.9 Å². The fourth-order valence-corrected chi connectivity index (χ4v) is 3.96. The molecule has 2 amide bonds. The van der Waals surface area contributed by atoms with Gasteiger partial charge in [-0.3, -0.25) is 9.59 Å². The lowest BCUT2D eigenvalue weighted by Gasteiger charge is -2.32. The average Bonchev–Trinajstić information content (AvgIpc) is 3.08. The normalized spacial score (nSPS) is 22.0. The third kappa shape index (κ3) is 4.63. The van der Waals surface area contributed by atoms with E-state index in [0.29, 0.717) is 24.4 Å². The molecule has 1 atom stereocenters. The molecule has 0 aromatic carbocycles. The Hall–Kier alpha value is -1.82. The minimum absolute atomic E-state index is 0.0264. The molecule has 1 aromatic rings. The van der Waals surface area contributed by atoms with Gasteiger partial charge >= 0.3 is 0 Å². The fraction of sp³-hybridized carbons (Fsp3) is 0.684. The second-order valence-electron chi connectivity index (χ2n) is 7.33. The van der Waals surface area contributed by atoms with Crippen LogP contribution in [0.3, 0.4) is 0 Å². The van der Waals surface area contributed by atoms with Gasteiger partial charge in [0, 0.05) is 13.1 Å². The summed E-state index contributed by atoms with van der Waals surface area (Å²) in [6.07, 6.45) is 7.22. The monoisotopic (exact) mass is 348 g/mol. The molecule has 6 heteroatoms. The van der Waals surface area contributed by atoms with Crippen molar-refractivity contribution in [1.82, 2.24) is 10.2 Å². The maximum absolute atomic E-state index is 12.6. The zero-order valence-corrected chi connectivity index (χ0v) is 15.2. The number of carbonyl (C=O) groups excluding carboxylic acids is 2. The summed E-state index contributed by atoms with van der Waals surface area (Å²) in [5.41, 5.74) is 0.606. The second kappa shape index (κ2) is 8.52. The van der Waals surface area contributed by atoms with E-state index in [4.69, 9.17) is 4.42 Å². The Morgan fingerprint density at radius 2 is 2.08 bits per heavy atom. The molecule has 3 rings (SSSR count). The maximum Gasteiger partial charge on any atom is 0.257 e. The molecule has 3 heterocycles. The van der Waals surface area contributed by atoms with Gasteiger partial charge in [0.1, 0.15) is 5.76 Å². The van der Waals surface area contributed by atoms with Crippen LogP contribution in [-0.4, -0.2) is 56.0 Å². The minimum Gasteiger partial charge on any atom is -0.469 e. The van der Waals surface area contributed by atoms with Gasteiger partial charge in [-0.1, -0.05) is 0 Å². The standard InChI is InChI=1S/C19H29N3O3/c1-15-17(7-13-25-15)19(24)22-11-5-6-16(14-22)18(23)20-8-12-21-9-3-2-4-10-21/h7,13,16H,2-6,8-12,14H2,1H3,(H,20,23)/p+1/t16-/m1/s1. The Morgan fingerprint density at radius 3 is 2.80 bits per heavy atom. The van der Waals surface area contributed by atoms with E-state index in [0.717, 1.165) is 25.9 Å². The summed E-state index contributed by atoms with van der Waals surface area (Å²) in [5, 5.41) is 3.09. The first-order valence-electron chi connectivity index (χ1n) is 9.60. The summed E-state index contributed by atoms with van der Waals surface area (Å²) < 4.78 is 5.23. The number of aryl methyl sites for hydroxylation is 1. The molecule has 6 nitrogen and oxygen atoms in total. The van der Waals surface area contributed by atoms with Crippen LogP contribution >= 0.6 is 0 Å². The molecule has 2 aliphatic heterocycles. The number of likely N-dealkylation sites (tertiary alicyclic amines) is 2. The molecule has 0 saturated carbocycles. The topological polar surface area (TPSA) is 67.0 Å². The lowest BCUT2D eigenvalue weighted by molar-refractivity contribution is -0.903. The highest BCUT2D eigenvalue weighted by atomic mass is 16.3. The predicted molar refractivity (Wildman–Crippen MR) is 94.5 cm³/mol. The van der Waals surface area contributed by atoms with Crippen LogP contribution in [0.4, 0.5) is 0 Å². The summed E-state index contributed by atoms with van der Waals surface area (Å²) in [7, 11) is 0. The molecule has 25 heavy (non-hydrogen) atoms. The van der Waals surface area contributed by atoms with Crippen LogP contribution in [-0.2, 0) is 4.79 Å². The number of rotatable bonds is 5. The van der Waals surface area contributed by atoms with Crippen LogP contribution in [0.15, 0.2) is 16.7 Å². The van der Waals surface area contributed by atoms with Gasteiger partial charge in [0.25, 0.3) is 5.91 Å². The van der Waals surface area contributed by atoms with E-state index in [-0.39, 0.29) is 17.7 Å². The van der Waals surface area contributed by atoms with Gasteiger partial charge in [-0.2, -0.15) is 0 Å². The Labute approximate surface area is 149 Å². The molecule has 138 valence electrons. The largest absolute Gasteiger partial charge is 0.469 e. The van der Waals surface area contributed by atoms with Gasteiger partial charge in [0.15, 0.2) is 0 Å². The van der Waals surface area contributed by atoms with Crippen molar-refractivity contribution in [2.75, 3.05) is 39.3 Å². The Balaban J connectivity index is 1.46. The number of hydrogen-bond donors (Lipinski definition) is 2. The number of furan rings is 1. The molecule has 2 fully saturated rings. The number of quaternary nitrogens is 1. The van der Waals surface area contributed by atoms with Gasteiger partial charge < -0.3 is 19.5 Å². The third-order valence-electron chi connectivity index (χ3n) is 5.51. The number of hydrogen-bond acceptors (Lipinski definition) is 3. The van der Waals surface area contributed by atoms with Crippen molar-refractivity contribution in [3.05, 3.63) is 23.7 Å². The first kappa shape index (κ1) is 18.0. The summed E-state index contributed by atoms with van der Waals surface area (Å²) in [4.78, 5) is 28.5. The van der Waals surface area contributed by atoms with Crippen molar-refractivity contribution in [1.29, 1.82) is 0 Å². The molecule has 2 aliphatic rings. The number of nitrogens with one attached hydrogen (secondary N) is 2. The van der Waals surface area contributed by atoms with Crippen molar-refractivity contribution in [2.45, 2.75) is 39.0 Å². The van der Waals surface area contributed by atoms with Crippen molar-refractivity contribution >= 4 is 11.8 Å². The summed E-state index contributed by atoms with van der Waals surface area (Å²) >= 11 is 0. The Morgan fingerprint density at radius 1 is 1.28 bits per heavy atom. The zero-order valence-electron chi connectivity index (χ0n) is 15.2. The van der Waals surface area contributed by atoms with Crippen LogP contribution in [0, 0.1) is 12.8 Å². The smallest absolute Gasteiger partial charge is 0.257 e. The van der Waals surface area contributed by atoms with E-state index in [9.17, 15) is 9.59 Å². The molecule has 0 bridgehead atoms. The number of amides is 2. The van der Waals surface area contributed by atoms with Crippen molar-refractivity contribution in [3.8, 4) is 0 Å². The Kier molecular flexibility index (Phi) is 6.13. The second-order valence-corrected chi connectivity index (χ2v) is 7.33. The molecular weight excluding hydrogens is 318 g/mol. The van der Waals surface area contributed by atoms with E-state index in [1.165, 1.54) is 32.4 Å². The minimum atomic E-state index is -0.0961. The van der Waals surface area contributed by atoms with Crippen LogP contribution in [0.2, 0.25) is 0 Å². The predicted octanol–water partition coefficient (Wildman–Crippen LogP) is 0.625. The van der Waals surface area contributed by atoms with Gasteiger partial charge in [-0.25, -0.2) is 0 Å². The van der Waals surface area contributed by atoms with E-state index in [2.05, 4.69) is 5.32 Å². The highest BCUT2D eigenvalue weighted by Crippen LogP contribution is 2.20. The zero-order chi connectivity index (χ0) is 17.6. The summed E-state index contributed by atoms with van der Waals surface area (Å²) in [6.45, 7) is 7.22. The summed E-state index contributed by atoms with van der Waals surface area (Å²) in [5.74, 6) is 0.613. The van der Waals surface area contributed by atoms with E-state index >= 15 is 0 Å². The maximum atomic E-state index is 12.6. The van der Waals surface area contributed by atoms with Crippen molar-refractivity contribution in [2.24, 2.45) is 5.92 Å². The van der Waals surface area contributed by atoms with Gasteiger partial charge in [0.2, 0.25) is 5.91 Å². The summed E-state index contributed by atoms with van der Waals surface area (Å²) in [6, 6.07) is 1.71. The van der Waals surface area contributed by atoms with Gasteiger partial charge in [-0.05, 0) is 45.1 Å². The molecule has 0 aliphatic carbocycles. The van der Waals surface area contributed by atoms with E-state index < -0.39 is 0 Å².